The summed E-state index contributed by atoms with van der Waals surface area (Å²) in [6, 6.07) is 10.3. The summed E-state index contributed by atoms with van der Waals surface area (Å²) in [7, 11) is 0. The van der Waals surface area contributed by atoms with Gasteiger partial charge in [-0.2, -0.15) is 0 Å². The van der Waals surface area contributed by atoms with E-state index < -0.39 is 6.04 Å². The number of anilines is 1. The number of carbonyl (C=O) groups is 2. The SMILES string of the molecule is CCNC(=O)N1CC2=C(/C(=C/c3ccc(F)cc3)C1)N(c1ccc(Cl)cc1Cl)NC2C(=O)NN1CCCCC1. The smallest absolute Gasteiger partial charge is 0.317 e. The van der Waals surface area contributed by atoms with Crippen molar-refractivity contribution in [3.8, 4) is 0 Å². The second-order valence-electron chi connectivity index (χ2n) is 9.80. The first-order valence-electron chi connectivity index (χ1n) is 13.1. The summed E-state index contributed by atoms with van der Waals surface area (Å²) < 4.78 is 13.6. The minimum Gasteiger partial charge on any atom is -0.338 e. The fraction of sp³-hybridized carbons (Fsp3) is 0.357. The van der Waals surface area contributed by atoms with Gasteiger partial charge in [-0.05, 0) is 67.3 Å². The lowest BCUT2D eigenvalue weighted by Crippen LogP contribution is -2.54. The molecule has 39 heavy (non-hydrogen) atoms. The molecular formula is C28H31Cl2FN6O2. The van der Waals surface area contributed by atoms with Crippen molar-refractivity contribution in [1.29, 1.82) is 0 Å². The van der Waals surface area contributed by atoms with Crippen molar-refractivity contribution in [3.63, 3.8) is 0 Å². The van der Waals surface area contributed by atoms with Crippen LogP contribution in [0.5, 0.6) is 0 Å². The van der Waals surface area contributed by atoms with Crippen LogP contribution >= 0.6 is 23.2 Å². The van der Waals surface area contributed by atoms with Crippen LogP contribution < -0.4 is 21.2 Å². The van der Waals surface area contributed by atoms with Crippen LogP contribution in [0.25, 0.3) is 6.08 Å². The van der Waals surface area contributed by atoms with Gasteiger partial charge in [0.05, 0.1) is 16.4 Å². The van der Waals surface area contributed by atoms with E-state index in [0.29, 0.717) is 22.3 Å². The average molecular weight is 573 g/mol. The number of benzene rings is 2. The second-order valence-corrected chi connectivity index (χ2v) is 10.6. The van der Waals surface area contributed by atoms with Crippen molar-refractivity contribution >= 4 is 46.9 Å². The van der Waals surface area contributed by atoms with E-state index in [1.54, 1.807) is 40.2 Å². The van der Waals surface area contributed by atoms with E-state index in [-0.39, 0.29) is 30.8 Å². The first-order chi connectivity index (χ1) is 18.8. The summed E-state index contributed by atoms with van der Waals surface area (Å²) in [4.78, 5) is 28.4. The number of hydrogen-bond acceptors (Lipinski definition) is 5. The Balaban J connectivity index is 1.59. The molecule has 1 unspecified atom stereocenters. The Hall–Kier alpha value is -3.11. The van der Waals surface area contributed by atoms with Crippen LogP contribution in [0.15, 0.2) is 59.3 Å². The number of nitrogens with zero attached hydrogens (tertiary/aromatic N) is 3. The van der Waals surface area contributed by atoms with Crippen LogP contribution in [-0.4, -0.2) is 60.6 Å². The zero-order valence-electron chi connectivity index (χ0n) is 21.6. The highest BCUT2D eigenvalue weighted by Gasteiger charge is 2.43. The molecule has 0 aromatic heterocycles. The van der Waals surface area contributed by atoms with Crippen molar-refractivity contribution in [2.24, 2.45) is 0 Å². The standard InChI is InChI=1S/C28H31Cl2FN6O2/c1-2-32-28(39)35-16-19(14-18-6-9-21(31)10-7-18)26-22(17-35)25(27(38)34-36-12-4-3-5-13-36)33-37(26)24-11-8-20(29)15-23(24)30/h6-11,14-15,25,33H,2-5,12-13,16-17H2,1H3,(H,32,39)(H,34,38)/b19-14+. The highest BCUT2D eigenvalue weighted by atomic mass is 35.5. The van der Waals surface area contributed by atoms with Crippen LogP contribution in [0.1, 0.15) is 31.7 Å². The zero-order valence-corrected chi connectivity index (χ0v) is 23.2. The Morgan fingerprint density at radius 1 is 1.08 bits per heavy atom. The molecule has 0 aliphatic carbocycles. The molecule has 2 aromatic rings. The van der Waals surface area contributed by atoms with E-state index in [1.807, 2.05) is 18.0 Å². The van der Waals surface area contributed by atoms with Crippen LogP contribution in [0.2, 0.25) is 10.0 Å². The Labute approximate surface area is 237 Å². The van der Waals surface area contributed by atoms with Gasteiger partial charge in [-0.1, -0.05) is 41.8 Å². The molecule has 8 nitrogen and oxygen atoms in total. The van der Waals surface area contributed by atoms with E-state index in [0.717, 1.165) is 54.8 Å². The lowest BCUT2D eigenvalue weighted by molar-refractivity contribution is -0.127. The van der Waals surface area contributed by atoms with Crippen molar-refractivity contribution in [2.45, 2.75) is 32.2 Å². The second kappa shape index (κ2) is 12.0. The molecule has 3 aliphatic heterocycles. The number of halogens is 3. The molecule has 3 N–H and O–H groups in total. The monoisotopic (exact) mass is 572 g/mol. The Morgan fingerprint density at radius 2 is 1.82 bits per heavy atom. The van der Waals surface area contributed by atoms with E-state index >= 15 is 0 Å². The van der Waals surface area contributed by atoms with Gasteiger partial charge < -0.3 is 10.2 Å². The first-order valence-corrected chi connectivity index (χ1v) is 13.9. The Morgan fingerprint density at radius 3 is 2.51 bits per heavy atom. The molecule has 11 heteroatoms. The van der Waals surface area contributed by atoms with E-state index in [9.17, 15) is 14.0 Å². The molecule has 5 rings (SSSR count). The molecule has 2 aromatic carbocycles. The predicted molar refractivity (Wildman–Crippen MR) is 151 cm³/mol. The van der Waals surface area contributed by atoms with Crippen molar-refractivity contribution in [1.82, 2.24) is 26.1 Å². The molecule has 0 radical (unpaired) electrons. The van der Waals surface area contributed by atoms with Gasteiger partial charge in [-0.15, -0.1) is 0 Å². The topological polar surface area (TPSA) is 80.0 Å². The van der Waals surface area contributed by atoms with E-state index in [4.69, 9.17) is 23.2 Å². The van der Waals surface area contributed by atoms with Gasteiger partial charge in [0.25, 0.3) is 5.91 Å². The van der Waals surface area contributed by atoms with Crippen molar-refractivity contribution in [2.75, 3.05) is 37.7 Å². The number of hydrogen-bond donors (Lipinski definition) is 3. The van der Waals surface area contributed by atoms with Gasteiger partial charge in [0.1, 0.15) is 11.9 Å². The third kappa shape index (κ3) is 6.06. The Bertz CT molecular complexity index is 1310. The lowest BCUT2D eigenvalue weighted by Gasteiger charge is -2.33. The number of piperidine rings is 1. The maximum absolute atomic E-state index is 13.7. The maximum Gasteiger partial charge on any atom is 0.317 e. The fourth-order valence-corrected chi connectivity index (χ4v) is 5.68. The van der Waals surface area contributed by atoms with Crippen LogP contribution in [0.4, 0.5) is 14.9 Å². The predicted octanol–water partition coefficient (Wildman–Crippen LogP) is 4.73. The first kappa shape index (κ1) is 27.5. The quantitative estimate of drug-likeness (QED) is 0.483. The molecule has 3 aliphatic rings. The molecule has 1 saturated heterocycles. The van der Waals surface area contributed by atoms with Crippen LogP contribution in [-0.2, 0) is 4.79 Å². The summed E-state index contributed by atoms with van der Waals surface area (Å²) in [6.45, 7) is 4.44. The third-order valence-corrected chi connectivity index (χ3v) is 7.56. The van der Waals surface area contributed by atoms with Gasteiger partial charge in [0.15, 0.2) is 0 Å². The summed E-state index contributed by atoms with van der Waals surface area (Å²) in [5.41, 5.74) is 10.1. The molecule has 0 saturated carbocycles. The minimum atomic E-state index is -0.748. The third-order valence-electron chi connectivity index (χ3n) is 7.02. The summed E-state index contributed by atoms with van der Waals surface area (Å²) in [5.74, 6) is -0.549. The van der Waals surface area contributed by atoms with Gasteiger partial charge >= 0.3 is 6.03 Å². The van der Waals surface area contributed by atoms with Gasteiger partial charge in [-0.3, -0.25) is 15.2 Å². The number of carbonyl (C=O) groups excluding carboxylic acids is 2. The van der Waals surface area contributed by atoms with Crippen molar-refractivity contribution in [3.05, 3.63) is 80.7 Å². The number of hydrazine groups is 2. The highest BCUT2D eigenvalue weighted by molar-refractivity contribution is 6.36. The zero-order chi connectivity index (χ0) is 27.5. The number of nitrogens with one attached hydrogen (secondary N) is 3. The van der Waals surface area contributed by atoms with Crippen LogP contribution in [0, 0.1) is 5.82 Å². The molecule has 0 bridgehead atoms. The molecule has 0 spiro atoms. The molecule has 3 amide bonds. The molecular weight excluding hydrogens is 542 g/mol. The van der Waals surface area contributed by atoms with Crippen molar-refractivity contribution < 1.29 is 14.0 Å². The van der Waals surface area contributed by atoms with E-state index in [2.05, 4.69) is 16.2 Å². The highest BCUT2D eigenvalue weighted by Crippen LogP contribution is 2.40. The maximum atomic E-state index is 13.7. The summed E-state index contributed by atoms with van der Waals surface area (Å²) in [5, 5.41) is 7.52. The fourth-order valence-electron chi connectivity index (χ4n) is 5.19. The van der Waals surface area contributed by atoms with E-state index in [1.165, 1.54) is 12.1 Å². The summed E-state index contributed by atoms with van der Waals surface area (Å²) >= 11 is 12.8. The number of urea groups is 1. The molecule has 206 valence electrons. The molecule has 1 fully saturated rings. The van der Waals surface area contributed by atoms with Gasteiger partial charge in [0.2, 0.25) is 0 Å². The van der Waals surface area contributed by atoms with Crippen LogP contribution in [0.3, 0.4) is 0 Å². The Kier molecular flexibility index (Phi) is 8.42. The number of rotatable bonds is 5. The average Bonchev–Trinajstić information content (AvgIpc) is 3.30. The molecule has 1 atom stereocenters. The largest absolute Gasteiger partial charge is 0.338 e. The summed E-state index contributed by atoms with van der Waals surface area (Å²) in [6.07, 6.45) is 5.09. The lowest BCUT2D eigenvalue weighted by atomic mass is 9.95. The van der Waals surface area contributed by atoms with Gasteiger partial charge in [0, 0.05) is 43.3 Å². The number of amides is 3. The van der Waals surface area contributed by atoms with Gasteiger partial charge in [-0.25, -0.2) is 19.6 Å². The normalized spacial score (nSPS) is 20.8. The molecule has 3 heterocycles. The minimum absolute atomic E-state index is 0.212.